The van der Waals surface area contributed by atoms with Gasteiger partial charge in [0.1, 0.15) is 0 Å². The van der Waals surface area contributed by atoms with E-state index in [4.69, 9.17) is 0 Å². The fourth-order valence-electron chi connectivity index (χ4n) is 16.1. The minimum Gasteiger partial charge on any atom is -0.310 e. The highest BCUT2D eigenvalue weighted by molar-refractivity contribution is 7.00. The van der Waals surface area contributed by atoms with Gasteiger partial charge in [0.2, 0.25) is 0 Å². The Labute approximate surface area is 484 Å². The average Bonchev–Trinajstić information content (AvgIpc) is 1.40. The minimum absolute atomic E-state index is 0.0515. The smallest absolute Gasteiger partial charge is 0.252 e. The van der Waals surface area contributed by atoms with Gasteiger partial charge in [0.05, 0.1) is 22.1 Å². The quantitative estimate of drug-likeness (QED) is 0.121. The molecule has 2 nitrogen and oxygen atoms in total. The van der Waals surface area contributed by atoms with Crippen molar-refractivity contribution in [2.45, 2.75) is 112 Å². The van der Waals surface area contributed by atoms with Crippen LogP contribution in [0.4, 0.5) is 0 Å². The van der Waals surface area contributed by atoms with E-state index in [1.165, 1.54) is 160 Å². The zero-order chi connectivity index (χ0) is 56.1. The van der Waals surface area contributed by atoms with Crippen molar-refractivity contribution in [1.82, 2.24) is 9.13 Å². The first-order chi connectivity index (χ1) is 39.7. The molecule has 12 aromatic rings. The zero-order valence-corrected chi connectivity index (χ0v) is 49.8. The fourth-order valence-corrected chi connectivity index (χ4v) is 16.1. The number of aromatic nitrogens is 2. The van der Waals surface area contributed by atoms with E-state index in [0.717, 1.165) is 0 Å². The lowest BCUT2D eigenvalue weighted by atomic mass is 9.33. The van der Waals surface area contributed by atoms with Crippen molar-refractivity contribution in [2.75, 3.05) is 0 Å². The van der Waals surface area contributed by atoms with Gasteiger partial charge in [-0.15, -0.1) is 0 Å². The van der Waals surface area contributed by atoms with Gasteiger partial charge in [-0.1, -0.05) is 223 Å². The third-order valence-electron chi connectivity index (χ3n) is 21.8. The maximum Gasteiger partial charge on any atom is 0.252 e. The van der Waals surface area contributed by atoms with Crippen LogP contribution in [0.5, 0.6) is 0 Å². The fraction of sp³-hybridized carbons (Fsp3) is 0.266. The maximum absolute atomic E-state index is 2.85. The monoisotopic (exact) mass is 1060 g/mol. The molecule has 0 N–H and O–H groups in total. The van der Waals surface area contributed by atoms with Crippen molar-refractivity contribution in [2.24, 2.45) is 23.7 Å². The third kappa shape index (κ3) is 6.38. The molecule has 0 bridgehead atoms. The molecule has 4 unspecified atom stereocenters. The molecule has 4 atom stereocenters. The highest BCUT2D eigenvalue weighted by atomic mass is 15.1. The van der Waals surface area contributed by atoms with Crippen LogP contribution in [0.25, 0.3) is 99.1 Å². The highest BCUT2D eigenvalue weighted by Crippen LogP contribution is 2.63. The first kappa shape index (κ1) is 49.9. The molecule has 0 saturated carbocycles. The Morgan fingerprint density at radius 3 is 1.39 bits per heavy atom. The Kier molecular flexibility index (Phi) is 10.7. The second-order valence-corrected chi connectivity index (χ2v) is 27.0. The van der Waals surface area contributed by atoms with Crippen LogP contribution in [0.3, 0.4) is 0 Å². The zero-order valence-electron chi connectivity index (χ0n) is 49.8. The predicted molar refractivity (Wildman–Crippen MR) is 352 cm³/mol. The normalized spacial score (nSPS) is 15.6. The standard InChI is InChI=1S/C79H73BN2/c1-42(2)46(9)51-30-33-72-61(34-51)62-36-53(48(11)44(5)6)39-70-75(62)81(72)77-65(58-32-31-55(50-22-14-13-15-23-50)56-24-16-17-25-57(56)58)41-69-78-73(77)80(70)71-40-54(49(12)45(7)8)37-64-63-35-52(47(10)43(3)4)38-68(74(63)82(78)76(64)71)79(69)66-28-20-18-26-59(66)60-27-19-21-29-67(60)79/h13-49H,1-12H3. The Morgan fingerprint density at radius 2 is 0.793 bits per heavy atom. The summed E-state index contributed by atoms with van der Waals surface area (Å²) in [5.41, 5.74) is 30.9. The third-order valence-corrected chi connectivity index (χ3v) is 21.8. The molecule has 16 rings (SSSR count). The van der Waals surface area contributed by atoms with E-state index in [1.54, 1.807) is 0 Å². The van der Waals surface area contributed by atoms with Crippen molar-refractivity contribution in [3.63, 3.8) is 0 Å². The molecule has 10 aromatic carbocycles. The van der Waals surface area contributed by atoms with E-state index < -0.39 is 5.41 Å². The van der Waals surface area contributed by atoms with Crippen LogP contribution in [0.1, 0.15) is 151 Å². The summed E-state index contributed by atoms with van der Waals surface area (Å²) >= 11 is 0. The lowest BCUT2D eigenvalue weighted by Gasteiger charge is -2.45. The molecule has 0 fully saturated rings. The number of rotatable bonds is 10. The van der Waals surface area contributed by atoms with E-state index in [1.807, 2.05) is 0 Å². The van der Waals surface area contributed by atoms with Crippen LogP contribution in [0.2, 0.25) is 0 Å². The Morgan fingerprint density at radius 1 is 0.317 bits per heavy atom. The van der Waals surface area contributed by atoms with Gasteiger partial charge < -0.3 is 9.13 Å². The molecule has 82 heavy (non-hydrogen) atoms. The summed E-state index contributed by atoms with van der Waals surface area (Å²) in [6.45, 7) is 29.1. The summed E-state index contributed by atoms with van der Waals surface area (Å²) in [7, 11) is 0. The van der Waals surface area contributed by atoms with Crippen LogP contribution in [0.15, 0.2) is 176 Å². The van der Waals surface area contributed by atoms with E-state index in [-0.39, 0.29) is 6.71 Å². The predicted octanol–water partition coefficient (Wildman–Crippen LogP) is 19.2. The largest absolute Gasteiger partial charge is 0.310 e. The van der Waals surface area contributed by atoms with Gasteiger partial charge in [0.25, 0.3) is 6.71 Å². The molecular formula is C79H73BN2. The van der Waals surface area contributed by atoms with Crippen molar-refractivity contribution in [3.05, 3.63) is 220 Å². The lowest BCUT2D eigenvalue weighted by Crippen LogP contribution is -2.61. The lowest BCUT2D eigenvalue weighted by molar-refractivity contribution is 0.534. The van der Waals surface area contributed by atoms with Crippen molar-refractivity contribution < 1.29 is 0 Å². The molecule has 3 heteroatoms. The average molecular weight is 1060 g/mol. The summed E-state index contributed by atoms with van der Waals surface area (Å²) in [6, 6.07) is 70.6. The Hall–Kier alpha value is -7.88. The summed E-state index contributed by atoms with van der Waals surface area (Å²) < 4.78 is 5.64. The molecule has 0 saturated heterocycles. The van der Waals surface area contributed by atoms with Gasteiger partial charge in [-0.25, -0.2) is 0 Å². The Balaban J connectivity index is 1.19. The van der Waals surface area contributed by atoms with E-state index in [2.05, 4.69) is 268 Å². The highest BCUT2D eigenvalue weighted by Gasteiger charge is 2.55. The second kappa shape index (κ2) is 17.6. The molecule has 1 aliphatic carbocycles. The van der Waals surface area contributed by atoms with Gasteiger partial charge in [0.15, 0.2) is 0 Å². The van der Waals surface area contributed by atoms with Crippen molar-refractivity contribution >= 4 is 77.5 Å². The first-order valence-corrected chi connectivity index (χ1v) is 31.0. The molecule has 0 amide bonds. The SMILES string of the molecule is CC(C)C(C)c1ccc2c(c1)c1cc(C(C)C(C)C)cc3c1n2-c1c(-c2ccc(-c4ccccc4)c4ccccc24)cc2c4c1B3c1cc(C(C)C(C)C)cc3c5cc(C(C)C(C)C)cc(c5n-4c13)C21c2ccccc2-c2ccccc21. The minimum atomic E-state index is -0.637. The summed E-state index contributed by atoms with van der Waals surface area (Å²) in [5, 5.41) is 8.08. The summed E-state index contributed by atoms with van der Waals surface area (Å²) in [4.78, 5) is 0. The molecule has 402 valence electrons. The topological polar surface area (TPSA) is 9.86 Å². The number of hydrogen-bond acceptors (Lipinski definition) is 0. The second-order valence-electron chi connectivity index (χ2n) is 27.0. The van der Waals surface area contributed by atoms with Gasteiger partial charge in [0, 0.05) is 43.8 Å². The van der Waals surface area contributed by atoms with E-state index >= 15 is 0 Å². The van der Waals surface area contributed by atoms with Crippen molar-refractivity contribution in [1.29, 1.82) is 0 Å². The van der Waals surface area contributed by atoms with Crippen LogP contribution < -0.4 is 16.4 Å². The molecule has 3 aliphatic heterocycles. The van der Waals surface area contributed by atoms with Crippen LogP contribution in [0, 0.1) is 23.7 Å². The summed E-state index contributed by atoms with van der Waals surface area (Å²) in [5.74, 6) is 3.36. The number of fused-ring (bicyclic) bond motifs is 15. The molecule has 4 aliphatic rings. The molecule has 1 spiro atoms. The number of hydrogen-bond donors (Lipinski definition) is 0. The van der Waals surface area contributed by atoms with Gasteiger partial charge in [-0.2, -0.15) is 0 Å². The molecular weight excluding hydrogens is 988 g/mol. The van der Waals surface area contributed by atoms with E-state index in [0.29, 0.717) is 47.3 Å². The van der Waals surface area contributed by atoms with Crippen LogP contribution >= 0.6 is 0 Å². The van der Waals surface area contributed by atoms with Gasteiger partial charge in [-0.3, -0.25) is 0 Å². The molecule has 2 aromatic heterocycles. The van der Waals surface area contributed by atoms with Crippen LogP contribution in [-0.2, 0) is 5.41 Å². The maximum atomic E-state index is 2.85. The van der Waals surface area contributed by atoms with E-state index in [9.17, 15) is 0 Å². The Bertz CT molecular complexity index is 4680. The van der Waals surface area contributed by atoms with Crippen molar-refractivity contribution in [3.8, 4) is 44.8 Å². The first-order valence-electron chi connectivity index (χ1n) is 31.0. The van der Waals surface area contributed by atoms with Gasteiger partial charge >= 0.3 is 0 Å². The summed E-state index contributed by atoms with van der Waals surface area (Å²) in [6.07, 6.45) is 0. The molecule has 0 radical (unpaired) electrons. The molecule has 5 heterocycles. The van der Waals surface area contributed by atoms with Gasteiger partial charge in [-0.05, 0) is 183 Å². The number of nitrogens with zero attached hydrogens (tertiary/aromatic N) is 2. The van der Waals surface area contributed by atoms with Crippen LogP contribution in [-0.4, -0.2) is 15.8 Å². The number of benzene rings is 10.